The third-order valence-electron chi connectivity index (χ3n) is 8.70. The van der Waals surface area contributed by atoms with Crippen LogP contribution in [0.25, 0.3) is 10.9 Å². The average Bonchev–Trinajstić information content (AvgIpc) is 3.42. The number of aromatic nitrogens is 1. The lowest BCUT2D eigenvalue weighted by Crippen LogP contribution is -2.34. The van der Waals surface area contributed by atoms with Crippen molar-refractivity contribution in [1.29, 1.82) is 0 Å². The van der Waals surface area contributed by atoms with Crippen LogP contribution in [0.3, 0.4) is 0 Å². The second-order valence-corrected chi connectivity index (χ2v) is 10.9. The molecule has 1 saturated carbocycles. The molecular formula is C31H36N2O3. The van der Waals surface area contributed by atoms with E-state index in [1.54, 1.807) is 6.20 Å². The Kier molecular flexibility index (Phi) is 6.91. The highest BCUT2D eigenvalue weighted by Crippen LogP contribution is 2.42. The van der Waals surface area contributed by atoms with Crippen molar-refractivity contribution in [3.05, 3.63) is 65.9 Å². The first-order valence-corrected chi connectivity index (χ1v) is 13.7. The Morgan fingerprint density at radius 1 is 0.889 bits per heavy atom. The molecule has 0 atom stereocenters. The quantitative estimate of drug-likeness (QED) is 0.353. The van der Waals surface area contributed by atoms with Crippen LogP contribution in [0.5, 0.6) is 11.5 Å². The number of ketones is 1. The number of ether oxygens (including phenoxy) is 2. The monoisotopic (exact) mass is 484 g/mol. The van der Waals surface area contributed by atoms with E-state index >= 15 is 0 Å². The van der Waals surface area contributed by atoms with Crippen LogP contribution in [0.1, 0.15) is 73.2 Å². The topological polar surface area (TPSA) is 51.7 Å². The normalized spacial score (nSPS) is 22.7. The first-order valence-electron chi connectivity index (χ1n) is 13.7. The van der Waals surface area contributed by atoms with E-state index in [4.69, 9.17) is 9.47 Å². The van der Waals surface area contributed by atoms with E-state index in [9.17, 15) is 4.79 Å². The summed E-state index contributed by atoms with van der Waals surface area (Å²) >= 11 is 0. The molecule has 5 nitrogen and oxygen atoms in total. The van der Waals surface area contributed by atoms with Crippen molar-refractivity contribution < 1.29 is 14.3 Å². The third-order valence-corrected chi connectivity index (χ3v) is 8.70. The van der Waals surface area contributed by atoms with Gasteiger partial charge in [-0.1, -0.05) is 43.2 Å². The van der Waals surface area contributed by atoms with Gasteiger partial charge in [0.1, 0.15) is 0 Å². The molecule has 5 heteroatoms. The number of Topliss-reactive ketones (excluding diaryl/α,β-unsaturated/α-hetero) is 1. The number of para-hydroxylation sites is 2. The van der Waals surface area contributed by atoms with Crippen molar-refractivity contribution in [2.45, 2.75) is 57.3 Å². The highest BCUT2D eigenvalue weighted by Gasteiger charge is 2.28. The fraction of sp³-hybridized carbons (Fsp3) is 0.484. The molecule has 0 spiro atoms. The van der Waals surface area contributed by atoms with Crippen LogP contribution in [0.15, 0.2) is 54.7 Å². The first kappa shape index (κ1) is 23.5. The van der Waals surface area contributed by atoms with E-state index in [1.165, 1.54) is 70.1 Å². The Hall–Kier alpha value is -2.92. The lowest BCUT2D eigenvalue weighted by Gasteiger charge is -2.34. The van der Waals surface area contributed by atoms with Crippen LogP contribution < -0.4 is 9.47 Å². The molecule has 3 aromatic rings. The molecule has 0 bridgehead atoms. The summed E-state index contributed by atoms with van der Waals surface area (Å²) in [7, 11) is 0. The maximum atomic E-state index is 13.1. The van der Waals surface area contributed by atoms with Crippen LogP contribution in [0, 0.1) is 11.8 Å². The Labute approximate surface area is 213 Å². The summed E-state index contributed by atoms with van der Waals surface area (Å²) in [5.74, 6) is 4.06. The van der Waals surface area contributed by atoms with Gasteiger partial charge in [-0.3, -0.25) is 9.78 Å². The van der Waals surface area contributed by atoms with Crippen LogP contribution in [-0.2, 0) is 0 Å². The molecule has 0 amide bonds. The number of hydrogen-bond donors (Lipinski definition) is 0. The summed E-state index contributed by atoms with van der Waals surface area (Å²) in [5, 5.41) is 0.986. The van der Waals surface area contributed by atoms with E-state index in [0.29, 0.717) is 25.0 Å². The van der Waals surface area contributed by atoms with E-state index in [2.05, 4.69) is 22.0 Å². The molecule has 2 aliphatic heterocycles. The fourth-order valence-electron chi connectivity index (χ4n) is 6.54. The molecule has 2 fully saturated rings. The largest absolute Gasteiger partial charge is 0.454 e. The summed E-state index contributed by atoms with van der Waals surface area (Å²) in [6, 6.07) is 16.2. The fourth-order valence-corrected chi connectivity index (χ4v) is 6.54. The predicted octanol–water partition coefficient (Wildman–Crippen LogP) is 6.61. The van der Waals surface area contributed by atoms with Crippen LogP contribution in [-0.4, -0.2) is 42.1 Å². The van der Waals surface area contributed by atoms with Gasteiger partial charge >= 0.3 is 0 Å². The lowest BCUT2D eigenvalue weighted by atomic mass is 9.78. The number of fused-ring (bicyclic) bond motifs is 2. The number of carbonyl (C=O) groups is 1. The molecule has 1 aromatic heterocycles. The molecule has 36 heavy (non-hydrogen) atoms. The lowest BCUT2D eigenvalue weighted by molar-refractivity contribution is 0.0940. The Morgan fingerprint density at radius 2 is 1.69 bits per heavy atom. The third kappa shape index (κ3) is 4.99. The van der Waals surface area contributed by atoms with Crippen LogP contribution in [0.2, 0.25) is 0 Å². The number of nitrogens with zero attached hydrogens (tertiary/aromatic N) is 2. The van der Waals surface area contributed by atoms with Crippen molar-refractivity contribution in [2.75, 3.05) is 26.4 Å². The van der Waals surface area contributed by atoms with E-state index in [-0.39, 0.29) is 5.78 Å². The smallest absolute Gasteiger partial charge is 0.231 e. The summed E-state index contributed by atoms with van der Waals surface area (Å²) in [4.78, 5) is 20.1. The molecule has 188 valence electrons. The van der Waals surface area contributed by atoms with Gasteiger partial charge in [-0.15, -0.1) is 0 Å². The number of benzene rings is 2. The van der Waals surface area contributed by atoms with Gasteiger partial charge in [0.25, 0.3) is 0 Å². The van der Waals surface area contributed by atoms with E-state index in [0.717, 1.165) is 33.9 Å². The molecule has 3 aliphatic rings. The van der Waals surface area contributed by atoms with Crippen molar-refractivity contribution in [2.24, 2.45) is 11.8 Å². The molecule has 1 saturated heterocycles. The summed E-state index contributed by atoms with van der Waals surface area (Å²) in [6.45, 7) is 3.89. The number of piperidine rings is 1. The summed E-state index contributed by atoms with van der Waals surface area (Å²) < 4.78 is 11.3. The maximum absolute atomic E-state index is 13.1. The molecule has 2 aromatic carbocycles. The molecule has 0 unspecified atom stereocenters. The molecule has 3 heterocycles. The minimum absolute atomic E-state index is 0.279. The summed E-state index contributed by atoms with van der Waals surface area (Å²) in [6.07, 6.45) is 11.0. The van der Waals surface area contributed by atoms with Gasteiger partial charge in [-0.2, -0.15) is 0 Å². The zero-order valence-corrected chi connectivity index (χ0v) is 21.0. The SMILES string of the molecule is O=C(CC1CCC(CCN2CCC(c3cccc4c3OCO4)CC2)CC1)c1ccnc2ccccc12. The maximum Gasteiger partial charge on any atom is 0.231 e. The standard InChI is InChI=1S/C31H36N2O3/c34-29(27-12-16-32-28-6-2-1-4-26(27)28)20-23-10-8-22(9-11-23)13-17-33-18-14-24(15-19-33)25-5-3-7-30-31(25)36-21-35-30/h1-7,12,16,22-24H,8-11,13-15,17-21H2. The minimum Gasteiger partial charge on any atom is -0.454 e. The van der Waals surface area contributed by atoms with Gasteiger partial charge in [0.2, 0.25) is 6.79 Å². The number of hydrogen-bond acceptors (Lipinski definition) is 5. The predicted molar refractivity (Wildman–Crippen MR) is 142 cm³/mol. The van der Waals surface area contributed by atoms with Gasteiger partial charge in [0, 0.05) is 29.1 Å². The second-order valence-electron chi connectivity index (χ2n) is 10.9. The number of likely N-dealkylation sites (tertiary alicyclic amines) is 1. The molecular weight excluding hydrogens is 448 g/mol. The molecule has 1 aliphatic carbocycles. The molecule has 6 rings (SSSR count). The van der Waals surface area contributed by atoms with Gasteiger partial charge in [0.05, 0.1) is 5.52 Å². The van der Waals surface area contributed by atoms with Crippen molar-refractivity contribution in [1.82, 2.24) is 9.88 Å². The second kappa shape index (κ2) is 10.6. The molecule has 0 radical (unpaired) electrons. The van der Waals surface area contributed by atoms with Gasteiger partial charge in [-0.25, -0.2) is 0 Å². The highest BCUT2D eigenvalue weighted by atomic mass is 16.7. The first-order chi connectivity index (χ1) is 17.7. The Bertz CT molecular complexity index is 1200. The van der Waals surface area contributed by atoms with Crippen LogP contribution >= 0.6 is 0 Å². The van der Waals surface area contributed by atoms with E-state index in [1.807, 2.05) is 36.4 Å². The average molecular weight is 485 g/mol. The van der Waals surface area contributed by atoms with Gasteiger partial charge in [0.15, 0.2) is 17.3 Å². The zero-order valence-electron chi connectivity index (χ0n) is 21.0. The van der Waals surface area contributed by atoms with Crippen molar-refractivity contribution >= 4 is 16.7 Å². The zero-order chi connectivity index (χ0) is 24.3. The number of rotatable bonds is 7. The molecule has 0 N–H and O–H groups in total. The minimum atomic E-state index is 0.279. The van der Waals surface area contributed by atoms with Gasteiger partial charge in [-0.05, 0) is 87.7 Å². The van der Waals surface area contributed by atoms with Crippen molar-refractivity contribution in [3.8, 4) is 11.5 Å². The van der Waals surface area contributed by atoms with Gasteiger partial charge < -0.3 is 14.4 Å². The Morgan fingerprint density at radius 3 is 2.56 bits per heavy atom. The number of pyridine rings is 1. The number of carbonyl (C=O) groups excluding carboxylic acids is 1. The van der Waals surface area contributed by atoms with Crippen LogP contribution in [0.4, 0.5) is 0 Å². The van der Waals surface area contributed by atoms with Crippen molar-refractivity contribution in [3.63, 3.8) is 0 Å². The Balaban J connectivity index is 0.942. The van der Waals surface area contributed by atoms with E-state index < -0.39 is 0 Å². The highest BCUT2D eigenvalue weighted by molar-refractivity contribution is 6.07. The summed E-state index contributed by atoms with van der Waals surface area (Å²) in [5.41, 5.74) is 3.08.